The number of esters is 1. The molecule has 2 heterocycles. The summed E-state index contributed by atoms with van der Waals surface area (Å²) >= 11 is 0. The minimum atomic E-state index is -0.490. The second-order valence-corrected chi connectivity index (χ2v) is 4.91. The van der Waals surface area contributed by atoms with Crippen molar-refractivity contribution in [2.24, 2.45) is 0 Å². The quantitative estimate of drug-likeness (QED) is 0.638. The molecule has 0 amide bonds. The van der Waals surface area contributed by atoms with Crippen LogP contribution in [0.5, 0.6) is 11.5 Å². The smallest absolute Gasteiger partial charge is 0.343 e. The molecule has 23 heavy (non-hydrogen) atoms. The molecule has 1 aliphatic heterocycles. The highest BCUT2D eigenvalue weighted by Gasteiger charge is 2.28. The summed E-state index contributed by atoms with van der Waals surface area (Å²) in [4.78, 5) is 23.4. The summed E-state index contributed by atoms with van der Waals surface area (Å²) in [6.07, 6.45) is 1.55. The Bertz CT molecular complexity index is 799. The number of furan rings is 1. The third-order valence-electron chi connectivity index (χ3n) is 3.26. The van der Waals surface area contributed by atoms with E-state index in [1.165, 1.54) is 7.11 Å². The molecular formula is C17H14O6. The molecule has 0 bridgehead atoms. The van der Waals surface area contributed by atoms with Crippen molar-refractivity contribution in [1.82, 2.24) is 0 Å². The number of carbonyl (C=O) groups is 2. The van der Waals surface area contributed by atoms with Crippen molar-refractivity contribution < 1.29 is 28.2 Å². The Labute approximate surface area is 132 Å². The first kappa shape index (κ1) is 14.9. The zero-order valence-corrected chi connectivity index (χ0v) is 12.6. The van der Waals surface area contributed by atoms with Crippen LogP contribution in [0.1, 0.15) is 21.9 Å². The van der Waals surface area contributed by atoms with E-state index < -0.39 is 5.97 Å². The fourth-order valence-corrected chi connectivity index (χ4v) is 2.12. The van der Waals surface area contributed by atoms with Crippen LogP contribution in [0.2, 0.25) is 0 Å². The van der Waals surface area contributed by atoms with Gasteiger partial charge in [0.05, 0.1) is 12.7 Å². The zero-order valence-electron chi connectivity index (χ0n) is 12.6. The number of rotatable bonds is 4. The molecule has 3 rings (SSSR count). The van der Waals surface area contributed by atoms with Gasteiger partial charge in [0.1, 0.15) is 23.0 Å². The molecule has 1 aliphatic rings. The Kier molecular flexibility index (Phi) is 3.89. The lowest BCUT2D eigenvalue weighted by Gasteiger charge is -2.05. The Morgan fingerprint density at radius 2 is 2.09 bits per heavy atom. The summed E-state index contributed by atoms with van der Waals surface area (Å²) in [5, 5.41) is 0. The summed E-state index contributed by atoms with van der Waals surface area (Å²) in [6.45, 7) is 1.61. The number of ketones is 1. The van der Waals surface area contributed by atoms with E-state index in [0.717, 1.165) is 5.76 Å². The normalized spacial score (nSPS) is 14.5. The lowest BCUT2D eigenvalue weighted by Crippen LogP contribution is -2.12. The van der Waals surface area contributed by atoms with Crippen molar-refractivity contribution in [3.8, 4) is 11.5 Å². The number of benzene rings is 1. The minimum absolute atomic E-state index is 0.180. The summed E-state index contributed by atoms with van der Waals surface area (Å²) < 4.78 is 20.7. The topological polar surface area (TPSA) is 75.0 Å². The van der Waals surface area contributed by atoms with Crippen LogP contribution >= 0.6 is 0 Å². The van der Waals surface area contributed by atoms with Crippen LogP contribution in [0.3, 0.4) is 0 Å². The van der Waals surface area contributed by atoms with Crippen molar-refractivity contribution >= 4 is 17.8 Å². The summed E-state index contributed by atoms with van der Waals surface area (Å²) in [5.74, 6) is 1.55. The molecule has 1 aromatic carbocycles. The molecule has 0 aliphatic carbocycles. The van der Waals surface area contributed by atoms with E-state index in [2.05, 4.69) is 4.74 Å². The van der Waals surface area contributed by atoms with Crippen LogP contribution in [-0.4, -0.2) is 25.5 Å². The molecule has 6 heteroatoms. The highest BCUT2D eigenvalue weighted by atomic mass is 16.6. The molecule has 1 aromatic heterocycles. The number of allylic oxidation sites excluding steroid dienone is 1. The third-order valence-corrected chi connectivity index (χ3v) is 3.26. The number of carbonyl (C=O) groups excluding carboxylic acids is 2. The summed E-state index contributed by atoms with van der Waals surface area (Å²) in [7, 11) is 1.28. The van der Waals surface area contributed by atoms with Crippen LogP contribution in [0, 0.1) is 6.92 Å². The van der Waals surface area contributed by atoms with E-state index in [1.807, 2.05) is 6.92 Å². The lowest BCUT2D eigenvalue weighted by atomic mass is 10.1. The average Bonchev–Trinajstić information content (AvgIpc) is 3.09. The number of Topliss-reactive ketones (excluding diaryl/α,β-unsaturated/α-hetero) is 1. The first-order chi connectivity index (χ1) is 11.1. The monoisotopic (exact) mass is 314 g/mol. The molecule has 6 nitrogen and oxygen atoms in total. The van der Waals surface area contributed by atoms with E-state index in [0.29, 0.717) is 22.8 Å². The van der Waals surface area contributed by atoms with Gasteiger partial charge in [-0.15, -0.1) is 0 Å². The molecular weight excluding hydrogens is 300 g/mol. The Balaban J connectivity index is 1.79. The second-order valence-electron chi connectivity index (χ2n) is 4.91. The highest BCUT2D eigenvalue weighted by molar-refractivity contribution is 6.14. The van der Waals surface area contributed by atoms with E-state index in [4.69, 9.17) is 13.9 Å². The van der Waals surface area contributed by atoms with Gasteiger partial charge >= 0.3 is 5.97 Å². The number of fused-ring (bicyclic) bond motifs is 1. The van der Waals surface area contributed by atoms with Gasteiger partial charge in [-0.2, -0.15) is 0 Å². The van der Waals surface area contributed by atoms with Crippen LogP contribution in [0.15, 0.2) is 40.5 Å². The predicted molar refractivity (Wildman–Crippen MR) is 80.3 cm³/mol. The third kappa shape index (κ3) is 3.11. The highest BCUT2D eigenvalue weighted by Crippen LogP contribution is 2.35. The molecule has 0 unspecified atom stereocenters. The van der Waals surface area contributed by atoms with Crippen molar-refractivity contribution in [2.45, 2.75) is 6.92 Å². The maximum Gasteiger partial charge on any atom is 0.343 e. The Morgan fingerprint density at radius 1 is 1.26 bits per heavy atom. The lowest BCUT2D eigenvalue weighted by molar-refractivity contribution is -0.142. The second kappa shape index (κ2) is 6.00. The first-order valence-corrected chi connectivity index (χ1v) is 6.91. The van der Waals surface area contributed by atoms with Crippen molar-refractivity contribution in [3.05, 3.63) is 53.2 Å². The van der Waals surface area contributed by atoms with Crippen LogP contribution in [0.25, 0.3) is 6.08 Å². The molecule has 0 spiro atoms. The van der Waals surface area contributed by atoms with Gasteiger partial charge in [-0.3, -0.25) is 4.79 Å². The SMILES string of the molecule is COC(=O)COc1ccc2c(c1)O/C(=C\c1ccc(C)o1)C2=O. The van der Waals surface area contributed by atoms with Crippen molar-refractivity contribution in [2.75, 3.05) is 13.7 Å². The first-order valence-electron chi connectivity index (χ1n) is 6.91. The number of hydrogen-bond donors (Lipinski definition) is 0. The van der Waals surface area contributed by atoms with Crippen molar-refractivity contribution in [1.29, 1.82) is 0 Å². The van der Waals surface area contributed by atoms with Gasteiger partial charge in [-0.25, -0.2) is 4.79 Å². The van der Waals surface area contributed by atoms with E-state index in [-0.39, 0.29) is 18.1 Å². The molecule has 0 saturated carbocycles. The molecule has 118 valence electrons. The largest absolute Gasteiger partial charge is 0.482 e. The van der Waals surface area contributed by atoms with Gasteiger partial charge in [-0.1, -0.05) is 0 Å². The van der Waals surface area contributed by atoms with Gasteiger partial charge in [0.25, 0.3) is 0 Å². The maximum absolute atomic E-state index is 12.3. The van der Waals surface area contributed by atoms with Crippen LogP contribution in [-0.2, 0) is 9.53 Å². The zero-order chi connectivity index (χ0) is 16.4. The number of ether oxygens (including phenoxy) is 3. The summed E-state index contributed by atoms with van der Waals surface area (Å²) in [6, 6.07) is 8.32. The van der Waals surface area contributed by atoms with Gasteiger partial charge < -0.3 is 18.6 Å². The van der Waals surface area contributed by atoms with Gasteiger partial charge in [-0.05, 0) is 31.2 Å². The van der Waals surface area contributed by atoms with Crippen molar-refractivity contribution in [3.63, 3.8) is 0 Å². The number of hydrogen-bond acceptors (Lipinski definition) is 6. The average molecular weight is 314 g/mol. The molecule has 0 radical (unpaired) electrons. The molecule has 2 aromatic rings. The van der Waals surface area contributed by atoms with Crippen LogP contribution < -0.4 is 9.47 Å². The van der Waals surface area contributed by atoms with Gasteiger partial charge in [0, 0.05) is 12.1 Å². The minimum Gasteiger partial charge on any atom is -0.482 e. The van der Waals surface area contributed by atoms with E-state index in [9.17, 15) is 9.59 Å². The molecule has 0 fully saturated rings. The fraction of sp³-hybridized carbons (Fsp3) is 0.176. The maximum atomic E-state index is 12.3. The number of aryl methyl sites for hydroxylation is 1. The van der Waals surface area contributed by atoms with Gasteiger partial charge in [0.2, 0.25) is 5.78 Å². The predicted octanol–water partition coefficient (Wildman–Crippen LogP) is 2.76. The molecule has 0 N–H and O–H groups in total. The molecule has 0 saturated heterocycles. The van der Waals surface area contributed by atoms with E-state index >= 15 is 0 Å². The Hall–Kier alpha value is -3.02. The number of methoxy groups -OCH3 is 1. The van der Waals surface area contributed by atoms with E-state index in [1.54, 1.807) is 36.4 Å². The summed E-state index contributed by atoms with van der Waals surface area (Å²) in [5.41, 5.74) is 0.435. The molecule has 0 atom stereocenters. The Morgan fingerprint density at radius 3 is 2.78 bits per heavy atom. The van der Waals surface area contributed by atoms with Gasteiger partial charge in [0.15, 0.2) is 12.4 Å². The van der Waals surface area contributed by atoms with Crippen LogP contribution in [0.4, 0.5) is 0 Å². The standard InChI is InChI=1S/C17H14O6/c1-10-3-4-12(22-10)8-15-17(19)13-6-5-11(7-14(13)23-15)21-9-16(18)20-2/h3-8H,9H2,1-2H3/b15-8-. The fourth-order valence-electron chi connectivity index (χ4n) is 2.12.